The molecule has 8 heteroatoms. The van der Waals surface area contributed by atoms with Gasteiger partial charge in [0.15, 0.2) is 4.90 Å². The molecule has 0 spiro atoms. The normalized spacial score (nSPS) is 16.4. The van der Waals surface area contributed by atoms with Gasteiger partial charge in [0.25, 0.3) is 5.69 Å². The van der Waals surface area contributed by atoms with Gasteiger partial charge >= 0.3 is 0 Å². The van der Waals surface area contributed by atoms with Gasteiger partial charge < -0.3 is 5.73 Å². The lowest BCUT2D eigenvalue weighted by molar-refractivity contribution is -0.387. The molecule has 1 aliphatic rings. The number of nitro groups is 1. The number of anilines is 1. The van der Waals surface area contributed by atoms with Gasteiger partial charge in [0.1, 0.15) is 0 Å². The maximum absolute atomic E-state index is 12.2. The molecule has 1 fully saturated rings. The molecule has 0 unspecified atom stereocenters. The summed E-state index contributed by atoms with van der Waals surface area (Å²) < 4.78 is 26.8. The van der Waals surface area contributed by atoms with Crippen molar-refractivity contribution in [1.82, 2.24) is 4.72 Å². The van der Waals surface area contributed by atoms with Crippen LogP contribution in [-0.2, 0) is 10.0 Å². The highest BCUT2D eigenvalue weighted by molar-refractivity contribution is 7.89. The zero-order chi connectivity index (χ0) is 14.8. The largest absolute Gasteiger partial charge is 0.399 e. The molecule has 1 aromatic carbocycles. The van der Waals surface area contributed by atoms with Crippen LogP contribution in [0, 0.1) is 16.0 Å². The van der Waals surface area contributed by atoms with Gasteiger partial charge in [-0.15, -0.1) is 0 Å². The smallest absolute Gasteiger partial charge is 0.289 e. The average molecular weight is 299 g/mol. The summed E-state index contributed by atoms with van der Waals surface area (Å²) in [5.41, 5.74) is 5.25. The number of benzene rings is 1. The summed E-state index contributed by atoms with van der Waals surface area (Å²) in [6, 6.07) is 3.54. The van der Waals surface area contributed by atoms with Crippen molar-refractivity contribution in [2.24, 2.45) is 5.92 Å². The number of nitro benzene ring substituents is 1. The average Bonchev–Trinajstić information content (AvgIpc) is 2.89. The lowest BCUT2D eigenvalue weighted by Gasteiger charge is -2.11. The second-order valence-electron chi connectivity index (χ2n) is 4.99. The summed E-state index contributed by atoms with van der Waals surface area (Å²) in [6.07, 6.45) is 4.18. The molecule has 0 aliphatic heterocycles. The van der Waals surface area contributed by atoms with Crippen LogP contribution >= 0.6 is 0 Å². The SMILES string of the molecule is Nc1ccc([N+](=O)[O-])c(S(=O)(=O)NCC2CCCC2)c1. The molecule has 1 saturated carbocycles. The first-order valence-electron chi connectivity index (χ1n) is 6.44. The minimum atomic E-state index is -3.92. The van der Waals surface area contributed by atoms with Crippen LogP contribution < -0.4 is 10.5 Å². The molecule has 2 rings (SSSR count). The Morgan fingerprint density at radius 3 is 2.60 bits per heavy atom. The molecule has 3 N–H and O–H groups in total. The standard InChI is InChI=1S/C12H17N3O4S/c13-10-5-6-11(15(16)17)12(7-10)20(18,19)14-8-9-3-1-2-4-9/h5-7,9,14H,1-4,8,13H2. The van der Waals surface area contributed by atoms with Gasteiger partial charge in [-0.2, -0.15) is 0 Å². The Morgan fingerprint density at radius 2 is 2.00 bits per heavy atom. The summed E-state index contributed by atoms with van der Waals surface area (Å²) in [4.78, 5) is 9.82. The maximum Gasteiger partial charge on any atom is 0.289 e. The van der Waals surface area contributed by atoms with Crippen LogP contribution in [0.1, 0.15) is 25.7 Å². The molecule has 0 atom stereocenters. The van der Waals surface area contributed by atoms with Crippen molar-refractivity contribution in [3.05, 3.63) is 28.3 Å². The Morgan fingerprint density at radius 1 is 1.35 bits per heavy atom. The summed E-state index contributed by atoms with van der Waals surface area (Å²) >= 11 is 0. The zero-order valence-corrected chi connectivity index (χ0v) is 11.7. The van der Waals surface area contributed by atoms with Crippen LogP contribution in [-0.4, -0.2) is 19.9 Å². The number of nitrogens with one attached hydrogen (secondary N) is 1. The van der Waals surface area contributed by atoms with E-state index in [1.165, 1.54) is 6.07 Å². The van der Waals surface area contributed by atoms with Crippen LogP contribution in [0.25, 0.3) is 0 Å². The first-order valence-corrected chi connectivity index (χ1v) is 7.92. The van der Waals surface area contributed by atoms with E-state index in [1.807, 2.05) is 0 Å². The molecule has 0 aromatic heterocycles. The molecule has 0 amide bonds. The summed E-state index contributed by atoms with van der Waals surface area (Å²) in [5.74, 6) is 0.310. The molecule has 1 aliphatic carbocycles. The Hall–Kier alpha value is -1.67. The lowest BCUT2D eigenvalue weighted by atomic mass is 10.1. The Kier molecular flexibility index (Phi) is 4.24. The minimum Gasteiger partial charge on any atom is -0.399 e. The molecule has 1 aromatic rings. The minimum absolute atomic E-state index is 0.178. The monoisotopic (exact) mass is 299 g/mol. The molecule has 0 heterocycles. The summed E-state index contributed by atoms with van der Waals surface area (Å²) in [7, 11) is -3.92. The summed E-state index contributed by atoms with van der Waals surface area (Å²) in [5, 5.41) is 10.9. The van der Waals surface area contributed by atoms with Crippen LogP contribution in [0.5, 0.6) is 0 Å². The number of nitrogens with zero attached hydrogens (tertiary/aromatic N) is 1. The second kappa shape index (κ2) is 5.76. The Labute approximate surface area is 117 Å². The number of rotatable bonds is 5. The highest BCUT2D eigenvalue weighted by Gasteiger charge is 2.27. The number of nitrogen functional groups attached to an aromatic ring is 1. The Bertz CT molecular complexity index is 609. The van der Waals surface area contributed by atoms with Crippen molar-refractivity contribution < 1.29 is 13.3 Å². The van der Waals surface area contributed by atoms with Gasteiger partial charge in [-0.05, 0) is 30.9 Å². The third kappa shape index (κ3) is 3.26. The van der Waals surface area contributed by atoms with Crippen molar-refractivity contribution in [3.8, 4) is 0 Å². The molecular weight excluding hydrogens is 282 g/mol. The first-order chi connectivity index (χ1) is 9.40. The van der Waals surface area contributed by atoms with E-state index in [-0.39, 0.29) is 10.6 Å². The van der Waals surface area contributed by atoms with E-state index < -0.39 is 20.6 Å². The van der Waals surface area contributed by atoms with Crippen molar-refractivity contribution in [2.45, 2.75) is 30.6 Å². The quantitative estimate of drug-likeness (QED) is 0.487. The second-order valence-corrected chi connectivity index (χ2v) is 6.72. The van der Waals surface area contributed by atoms with Crippen LogP contribution in [0.4, 0.5) is 11.4 Å². The van der Waals surface area contributed by atoms with Gasteiger partial charge in [-0.1, -0.05) is 12.8 Å². The van der Waals surface area contributed by atoms with Crippen molar-refractivity contribution in [3.63, 3.8) is 0 Å². The molecule has 0 bridgehead atoms. The fourth-order valence-electron chi connectivity index (χ4n) is 2.42. The first kappa shape index (κ1) is 14.7. The molecule has 0 radical (unpaired) electrons. The summed E-state index contributed by atoms with van der Waals surface area (Å²) in [6.45, 7) is 0.314. The van der Waals surface area contributed by atoms with E-state index in [1.54, 1.807) is 0 Å². The zero-order valence-electron chi connectivity index (χ0n) is 10.9. The number of sulfonamides is 1. The fraction of sp³-hybridized carbons (Fsp3) is 0.500. The molecule has 7 nitrogen and oxygen atoms in total. The number of hydrogen-bond donors (Lipinski definition) is 2. The van der Waals surface area contributed by atoms with Gasteiger partial charge in [0.05, 0.1) is 4.92 Å². The van der Waals surface area contributed by atoms with Crippen molar-refractivity contribution in [2.75, 3.05) is 12.3 Å². The van der Waals surface area contributed by atoms with Gasteiger partial charge in [-0.25, -0.2) is 13.1 Å². The van der Waals surface area contributed by atoms with Crippen molar-refractivity contribution in [1.29, 1.82) is 0 Å². The third-order valence-electron chi connectivity index (χ3n) is 3.51. The molecule has 20 heavy (non-hydrogen) atoms. The van der Waals surface area contributed by atoms with Gasteiger partial charge in [-0.3, -0.25) is 10.1 Å². The van der Waals surface area contributed by atoms with E-state index in [0.29, 0.717) is 12.5 Å². The lowest BCUT2D eigenvalue weighted by Crippen LogP contribution is -2.29. The highest BCUT2D eigenvalue weighted by atomic mass is 32.2. The van der Waals surface area contributed by atoms with Gasteiger partial charge in [0.2, 0.25) is 10.0 Å². The predicted octanol–water partition coefficient (Wildman–Crippen LogP) is 1.65. The fourth-order valence-corrected chi connectivity index (χ4v) is 3.74. The number of hydrogen-bond acceptors (Lipinski definition) is 5. The van der Waals surface area contributed by atoms with E-state index >= 15 is 0 Å². The van der Waals surface area contributed by atoms with E-state index in [4.69, 9.17) is 5.73 Å². The van der Waals surface area contributed by atoms with Crippen LogP contribution in [0.3, 0.4) is 0 Å². The van der Waals surface area contributed by atoms with Gasteiger partial charge in [0, 0.05) is 18.3 Å². The molecule has 0 saturated heterocycles. The maximum atomic E-state index is 12.2. The predicted molar refractivity (Wildman–Crippen MR) is 74.7 cm³/mol. The third-order valence-corrected chi connectivity index (χ3v) is 4.96. The highest BCUT2D eigenvalue weighted by Crippen LogP contribution is 2.27. The topological polar surface area (TPSA) is 115 Å². The van der Waals surface area contributed by atoms with E-state index in [9.17, 15) is 18.5 Å². The molecular formula is C12H17N3O4S. The molecule has 110 valence electrons. The van der Waals surface area contributed by atoms with Crippen LogP contribution in [0.2, 0.25) is 0 Å². The number of nitrogens with two attached hydrogens (primary N) is 1. The van der Waals surface area contributed by atoms with E-state index in [0.717, 1.165) is 37.8 Å². The van der Waals surface area contributed by atoms with Crippen LogP contribution in [0.15, 0.2) is 23.1 Å². The Balaban J connectivity index is 2.23. The van der Waals surface area contributed by atoms with E-state index in [2.05, 4.69) is 4.72 Å². The van der Waals surface area contributed by atoms with Crippen molar-refractivity contribution >= 4 is 21.4 Å².